The number of carbonyl (C=O) groups is 1. The highest BCUT2D eigenvalue weighted by Gasteiger charge is 2.35. The van der Waals surface area contributed by atoms with E-state index in [1.54, 1.807) is 0 Å². The van der Waals surface area contributed by atoms with E-state index in [4.69, 9.17) is 10.2 Å². The van der Waals surface area contributed by atoms with Crippen LogP contribution in [0.25, 0.3) is 0 Å². The first kappa shape index (κ1) is 15.4. The number of carboxylic acid groups (broad SMARTS) is 1. The molecule has 1 saturated heterocycles. The Morgan fingerprint density at radius 1 is 1.50 bits per heavy atom. The maximum Gasteiger partial charge on any atom is 0.336 e. The highest BCUT2D eigenvalue weighted by atomic mass is 32.2. The number of hydrogen-bond donors (Lipinski definition) is 2. The normalized spacial score (nSPS) is 20.4. The molecule has 0 bridgehead atoms. The minimum Gasteiger partial charge on any atom is -0.478 e. The predicted octanol–water partition coefficient (Wildman–Crippen LogP) is 1.37. The van der Waals surface area contributed by atoms with Crippen molar-refractivity contribution in [2.45, 2.75) is 35.9 Å². The molecule has 0 aromatic carbocycles. The quantitative estimate of drug-likeness (QED) is 0.826. The van der Waals surface area contributed by atoms with Crippen LogP contribution >= 0.6 is 11.3 Å². The van der Waals surface area contributed by atoms with E-state index in [1.807, 2.05) is 0 Å². The van der Waals surface area contributed by atoms with Gasteiger partial charge >= 0.3 is 5.97 Å². The minimum atomic E-state index is -3.62. The molecule has 0 saturated carbocycles. The van der Waals surface area contributed by atoms with Gasteiger partial charge in [-0.25, -0.2) is 13.2 Å². The molecule has 1 aliphatic heterocycles. The van der Waals surface area contributed by atoms with E-state index in [0.717, 1.165) is 24.2 Å². The Hall–Kier alpha value is -0.960. The summed E-state index contributed by atoms with van der Waals surface area (Å²) in [5, 5.41) is 19.1. The van der Waals surface area contributed by atoms with Crippen LogP contribution in [0.1, 0.15) is 36.0 Å². The second-order valence-corrected chi connectivity index (χ2v) is 7.77. The van der Waals surface area contributed by atoms with Crippen molar-refractivity contribution in [2.24, 2.45) is 0 Å². The first-order valence-corrected chi connectivity index (χ1v) is 8.73. The Balaban J connectivity index is 2.22. The topological polar surface area (TPSA) is 94.9 Å². The van der Waals surface area contributed by atoms with Gasteiger partial charge in [-0.15, -0.1) is 11.3 Å². The van der Waals surface area contributed by atoms with Gasteiger partial charge in [0.05, 0.1) is 5.56 Å². The van der Waals surface area contributed by atoms with E-state index in [1.165, 1.54) is 15.8 Å². The number of hydrogen-bond acceptors (Lipinski definition) is 5. The van der Waals surface area contributed by atoms with Crippen LogP contribution in [-0.2, 0) is 10.0 Å². The van der Waals surface area contributed by atoms with Crippen molar-refractivity contribution in [3.63, 3.8) is 0 Å². The van der Waals surface area contributed by atoms with Crippen molar-refractivity contribution >= 4 is 27.3 Å². The molecule has 2 heterocycles. The van der Waals surface area contributed by atoms with Gasteiger partial charge in [0.2, 0.25) is 0 Å². The Morgan fingerprint density at radius 2 is 2.25 bits per heavy atom. The summed E-state index contributed by atoms with van der Waals surface area (Å²) in [6.45, 7) is 0.505. The molecular weight excluding hydrogens is 302 g/mol. The number of aromatic carboxylic acids is 1. The predicted molar refractivity (Wildman–Crippen MR) is 74.5 cm³/mol. The van der Waals surface area contributed by atoms with E-state index >= 15 is 0 Å². The third-order valence-corrected chi connectivity index (χ3v) is 6.77. The Morgan fingerprint density at radius 3 is 2.85 bits per heavy atom. The molecule has 20 heavy (non-hydrogen) atoms. The number of sulfonamides is 1. The summed E-state index contributed by atoms with van der Waals surface area (Å²) in [4.78, 5) is 10.8. The van der Waals surface area contributed by atoms with Gasteiger partial charge in [-0.05, 0) is 31.7 Å². The number of nitrogens with zero attached hydrogens (tertiary/aromatic N) is 1. The third-order valence-electron chi connectivity index (χ3n) is 3.40. The molecular formula is C12H17NO5S2. The van der Waals surface area contributed by atoms with Crippen LogP contribution in [0, 0.1) is 0 Å². The van der Waals surface area contributed by atoms with Crippen molar-refractivity contribution in [2.75, 3.05) is 13.2 Å². The fraction of sp³-hybridized carbons (Fsp3) is 0.583. The maximum atomic E-state index is 12.5. The van der Waals surface area contributed by atoms with Crippen LogP contribution in [0.15, 0.2) is 15.7 Å². The lowest BCUT2D eigenvalue weighted by atomic mass is 10.1. The van der Waals surface area contributed by atoms with Gasteiger partial charge < -0.3 is 10.2 Å². The molecule has 1 aromatic rings. The monoisotopic (exact) mass is 319 g/mol. The second-order valence-electron chi connectivity index (χ2n) is 4.74. The second kappa shape index (κ2) is 6.21. The van der Waals surface area contributed by atoms with Gasteiger partial charge in [0.15, 0.2) is 0 Å². The molecule has 1 aromatic heterocycles. The van der Waals surface area contributed by atoms with Gasteiger partial charge in [-0.3, -0.25) is 0 Å². The SMILES string of the molecule is O=C(O)c1csc(S(=O)(=O)N2CCCC2CCCO)c1. The zero-order chi connectivity index (χ0) is 14.8. The summed E-state index contributed by atoms with van der Waals surface area (Å²) >= 11 is 0.938. The maximum absolute atomic E-state index is 12.5. The summed E-state index contributed by atoms with van der Waals surface area (Å²) in [7, 11) is -3.62. The highest BCUT2D eigenvalue weighted by molar-refractivity contribution is 7.91. The molecule has 8 heteroatoms. The molecule has 1 fully saturated rings. The molecule has 1 unspecified atom stereocenters. The lowest BCUT2D eigenvalue weighted by Gasteiger charge is -2.23. The van der Waals surface area contributed by atoms with Crippen molar-refractivity contribution < 1.29 is 23.4 Å². The molecule has 1 atom stereocenters. The van der Waals surface area contributed by atoms with E-state index in [2.05, 4.69) is 0 Å². The average Bonchev–Trinajstić information content (AvgIpc) is 3.05. The van der Waals surface area contributed by atoms with Crippen molar-refractivity contribution in [1.29, 1.82) is 0 Å². The largest absolute Gasteiger partial charge is 0.478 e. The van der Waals surface area contributed by atoms with Gasteiger partial charge in [-0.2, -0.15) is 4.31 Å². The first-order chi connectivity index (χ1) is 9.46. The number of thiophene rings is 1. The molecule has 0 amide bonds. The van der Waals surface area contributed by atoms with Crippen molar-refractivity contribution in [3.8, 4) is 0 Å². The Kier molecular flexibility index (Phi) is 4.79. The van der Waals surface area contributed by atoms with Crippen LogP contribution in [0.5, 0.6) is 0 Å². The van der Waals surface area contributed by atoms with Crippen LogP contribution < -0.4 is 0 Å². The van der Waals surface area contributed by atoms with Crippen LogP contribution in [0.4, 0.5) is 0 Å². The number of carboxylic acids is 1. The van der Waals surface area contributed by atoms with Gasteiger partial charge in [-0.1, -0.05) is 0 Å². The molecule has 0 radical (unpaired) electrons. The number of aliphatic hydroxyl groups is 1. The van der Waals surface area contributed by atoms with Gasteiger partial charge in [0.25, 0.3) is 10.0 Å². The molecule has 1 aliphatic rings. The zero-order valence-electron chi connectivity index (χ0n) is 10.9. The van der Waals surface area contributed by atoms with Crippen molar-refractivity contribution in [1.82, 2.24) is 4.31 Å². The lowest BCUT2D eigenvalue weighted by Crippen LogP contribution is -2.35. The fourth-order valence-corrected chi connectivity index (χ4v) is 5.43. The van der Waals surface area contributed by atoms with Gasteiger partial charge in [0.1, 0.15) is 4.21 Å². The molecule has 2 rings (SSSR count). The molecule has 6 nitrogen and oxygen atoms in total. The Bertz CT molecular complexity index is 580. The van der Waals surface area contributed by atoms with Crippen LogP contribution in [0.2, 0.25) is 0 Å². The third kappa shape index (κ3) is 3.03. The smallest absolute Gasteiger partial charge is 0.336 e. The average molecular weight is 319 g/mol. The van der Waals surface area contributed by atoms with E-state index in [9.17, 15) is 13.2 Å². The summed E-state index contributed by atoms with van der Waals surface area (Å²) in [5.41, 5.74) is -0.000296. The van der Waals surface area contributed by atoms with Crippen LogP contribution in [-0.4, -0.2) is 48.1 Å². The molecule has 0 aliphatic carbocycles. The summed E-state index contributed by atoms with van der Waals surface area (Å²) in [6, 6.07) is 1.12. The van der Waals surface area contributed by atoms with E-state index < -0.39 is 16.0 Å². The fourth-order valence-electron chi connectivity index (χ4n) is 2.42. The van der Waals surface area contributed by atoms with Crippen molar-refractivity contribution in [3.05, 3.63) is 17.0 Å². The molecule has 112 valence electrons. The van der Waals surface area contributed by atoms with Gasteiger partial charge in [0, 0.05) is 24.6 Å². The molecule has 2 N–H and O–H groups in total. The summed E-state index contributed by atoms with van der Waals surface area (Å²) in [5.74, 6) is -1.12. The van der Waals surface area contributed by atoms with E-state index in [0.29, 0.717) is 19.4 Å². The highest BCUT2D eigenvalue weighted by Crippen LogP contribution is 2.31. The summed E-state index contributed by atoms with van der Waals surface area (Å²) < 4.78 is 26.6. The Labute approximate surface area is 121 Å². The molecule has 0 spiro atoms. The first-order valence-electron chi connectivity index (χ1n) is 6.41. The minimum absolute atomic E-state index is 0.000296. The van der Waals surface area contributed by atoms with Crippen LogP contribution in [0.3, 0.4) is 0 Å². The standard InChI is InChI=1S/C12H17NO5S2/c14-6-2-4-10-3-1-5-13(10)20(17,18)11-7-9(8-19-11)12(15)16/h7-8,10,14H,1-6H2,(H,15,16). The number of aliphatic hydroxyl groups excluding tert-OH is 1. The summed E-state index contributed by atoms with van der Waals surface area (Å²) in [6.07, 6.45) is 2.79. The number of rotatable bonds is 6. The lowest BCUT2D eigenvalue weighted by molar-refractivity contribution is 0.0697. The van der Waals surface area contributed by atoms with E-state index in [-0.39, 0.29) is 22.4 Å². The zero-order valence-corrected chi connectivity index (χ0v) is 12.5.